The Hall–Kier alpha value is -2.74. The smallest absolute Gasteiger partial charge is 0.193 e. The van der Waals surface area contributed by atoms with Crippen LogP contribution in [0.2, 0.25) is 5.02 Å². The van der Waals surface area contributed by atoms with Crippen LogP contribution in [0.5, 0.6) is 0 Å². The average molecular weight is 403 g/mol. The number of benzene rings is 2. The standard InChI is InChI=1S/C19H12ClFN2O3S/c20-11-4-2-5-12(21)17(11)16-7-15(24)10-3-1-6-13(18(10)26-16)23-19(25)14-8-27-9-22-14/h1-9,19,23,25H. The Bertz CT molecular complexity index is 1160. The molecule has 8 heteroatoms. The lowest BCUT2D eigenvalue weighted by Crippen LogP contribution is -2.11. The first-order chi connectivity index (χ1) is 13.0. The van der Waals surface area contributed by atoms with Crippen molar-refractivity contribution in [3.8, 4) is 11.3 Å². The zero-order valence-electron chi connectivity index (χ0n) is 13.6. The Morgan fingerprint density at radius 1 is 1.26 bits per heavy atom. The number of aliphatic hydroxyl groups excluding tert-OH is 1. The zero-order chi connectivity index (χ0) is 19.0. The van der Waals surface area contributed by atoms with Gasteiger partial charge in [0, 0.05) is 11.4 Å². The predicted octanol–water partition coefficient (Wildman–Crippen LogP) is 4.81. The topological polar surface area (TPSA) is 75.4 Å². The Morgan fingerprint density at radius 2 is 2.07 bits per heavy atom. The summed E-state index contributed by atoms with van der Waals surface area (Å²) in [4.78, 5) is 16.6. The minimum atomic E-state index is -1.09. The van der Waals surface area contributed by atoms with Gasteiger partial charge in [0.25, 0.3) is 0 Å². The molecule has 0 fully saturated rings. The Labute approximate surface area is 161 Å². The molecule has 2 N–H and O–H groups in total. The number of aliphatic hydroxyl groups is 1. The van der Waals surface area contributed by atoms with Gasteiger partial charge < -0.3 is 14.8 Å². The SMILES string of the molecule is O=c1cc(-c2c(F)cccc2Cl)oc2c(NC(O)c3cscn3)cccc12. The Morgan fingerprint density at radius 3 is 2.81 bits per heavy atom. The second kappa shape index (κ2) is 7.11. The maximum absolute atomic E-state index is 14.3. The van der Waals surface area contributed by atoms with Crippen LogP contribution in [0.4, 0.5) is 10.1 Å². The maximum atomic E-state index is 14.3. The summed E-state index contributed by atoms with van der Waals surface area (Å²) in [7, 11) is 0. The number of para-hydroxylation sites is 1. The van der Waals surface area contributed by atoms with Gasteiger partial charge in [-0.15, -0.1) is 11.3 Å². The molecule has 4 aromatic rings. The number of aromatic nitrogens is 1. The summed E-state index contributed by atoms with van der Waals surface area (Å²) in [6.45, 7) is 0. The van der Waals surface area contributed by atoms with Crippen LogP contribution in [0.1, 0.15) is 11.9 Å². The van der Waals surface area contributed by atoms with Crippen LogP contribution >= 0.6 is 22.9 Å². The average Bonchev–Trinajstić information content (AvgIpc) is 3.17. The van der Waals surface area contributed by atoms with Crippen molar-refractivity contribution in [2.45, 2.75) is 6.23 Å². The molecule has 0 radical (unpaired) electrons. The molecule has 1 atom stereocenters. The van der Waals surface area contributed by atoms with Gasteiger partial charge in [-0.25, -0.2) is 9.37 Å². The van der Waals surface area contributed by atoms with Crippen LogP contribution in [0, 0.1) is 5.82 Å². The van der Waals surface area contributed by atoms with E-state index in [0.717, 1.165) is 0 Å². The lowest BCUT2D eigenvalue weighted by Gasteiger charge is -2.14. The van der Waals surface area contributed by atoms with Gasteiger partial charge in [0.05, 0.1) is 27.2 Å². The van der Waals surface area contributed by atoms with Gasteiger partial charge >= 0.3 is 0 Å². The molecule has 2 heterocycles. The van der Waals surface area contributed by atoms with Gasteiger partial charge in [-0.2, -0.15) is 0 Å². The fourth-order valence-corrected chi connectivity index (χ4v) is 3.55. The third-order valence-electron chi connectivity index (χ3n) is 3.99. The van der Waals surface area contributed by atoms with E-state index in [0.29, 0.717) is 16.8 Å². The fourth-order valence-electron chi connectivity index (χ4n) is 2.73. The van der Waals surface area contributed by atoms with Gasteiger partial charge in [0.2, 0.25) is 0 Å². The number of hydrogen-bond acceptors (Lipinski definition) is 6. The van der Waals surface area contributed by atoms with Crippen molar-refractivity contribution in [1.82, 2.24) is 4.98 Å². The second-order valence-corrected chi connectivity index (χ2v) is 6.84. The molecule has 4 rings (SSSR count). The zero-order valence-corrected chi connectivity index (χ0v) is 15.2. The third kappa shape index (κ3) is 3.32. The molecule has 1 unspecified atom stereocenters. The number of halogens is 2. The minimum Gasteiger partial charge on any atom is -0.453 e. The van der Waals surface area contributed by atoms with Crippen molar-refractivity contribution in [3.63, 3.8) is 0 Å². The summed E-state index contributed by atoms with van der Waals surface area (Å²) in [6.07, 6.45) is -1.09. The van der Waals surface area contributed by atoms with E-state index in [4.69, 9.17) is 16.0 Å². The van der Waals surface area contributed by atoms with E-state index in [1.54, 1.807) is 29.1 Å². The number of rotatable bonds is 4. The molecule has 0 spiro atoms. The lowest BCUT2D eigenvalue weighted by atomic mass is 10.1. The number of nitrogens with one attached hydrogen (secondary N) is 1. The molecule has 0 amide bonds. The van der Waals surface area contributed by atoms with Gasteiger partial charge in [0.15, 0.2) is 17.2 Å². The Kier molecular flexibility index (Phi) is 4.65. The highest BCUT2D eigenvalue weighted by Gasteiger charge is 2.17. The highest BCUT2D eigenvalue weighted by atomic mass is 35.5. The van der Waals surface area contributed by atoms with E-state index in [9.17, 15) is 14.3 Å². The molecule has 2 aromatic heterocycles. The van der Waals surface area contributed by atoms with Crippen LogP contribution in [0.15, 0.2) is 62.6 Å². The monoisotopic (exact) mass is 402 g/mol. The molecule has 0 bridgehead atoms. The molecule has 2 aromatic carbocycles. The summed E-state index contributed by atoms with van der Waals surface area (Å²) < 4.78 is 20.1. The predicted molar refractivity (Wildman–Crippen MR) is 104 cm³/mol. The first kappa shape index (κ1) is 17.7. The molecule has 0 aliphatic carbocycles. The van der Waals surface area contributed by atoms with E-state index in [2.05, 4.69) is 10.3 Å². The Balaban J connectivity index is 1.87. The lowest BCUT2D eigenvalue weighted by molar-refractivity contribution is 0.204. The first-order valence-corrected chi connectivity index (χ1v) is 9.20. The number of fused-ring (bicyclic) bond motifs is 1. The van der Waals surface area contributed by atoms with E-state index >= 15 is 0 Å². The third-order valence-corrected chi connectivity index (χ3v) is 4.91. The first-order valence-electron chi connectivity index (χ1n) is 7.88. The maximum Gasteiger partial charge on any atom is 0.193 e. The van der Waals surface area contributed by atoms with Crippen molar-refractivity contribution in [2.24, 2.45) is 0 Å². The number of nitrogens with zero attached hydrogens (tertiary/aromatic N) is 1. The van der Waals surface area contributed by atoms with Crippen LogP contribution in [-0.2, 0) is 0 Å². The number of thiazole rings is 1. The fraction of sp³-hybridized carbons (Fsp3) is 0.0526. The normalized spacial score (nSPS) is 12.3. The molecule has 27 heavy (non-hydrogen) atoms. The van der Waals surface area contributed by atoms with Crippen molar-refractivity contribution >= 4 is 39.6 Å². The van der Waals surface area contributed by atoms with Crippen molar-refractivity contribution < 1.29 is 13.9 Å². The number of anilines is 1. The summed E-state index contributed by atoms with van der Waals surface area (Å²) in [5, 5.41) is 15.3. The molecular formula is C19H12ClFN2O3S. The summed E-state index contributed by atoms with van der Waals surface area (Å²) in [5.41, 5.74) is 2.26. The molecule has 136 valence electrons. The van der Waals surface area contributed by atoms with E-state index in [-0.39, 0.29) is 27.4 Å². The van der Waals surface area contributed by atoms with Gasteiger partial charge in [-0.3, -0.25) is 4.79 Å². The largest absolute Gasteiger partial charge is 0.453 e. The van der Waals surface area contributed by atoms with E-state index < -0.39 is 12.0 Å². The van der Waals surface area contributed by atoms with Gasteiger partial charge in [0.1, 0.15) is 17.3 Å². The molecule has 5 nitrogen and oxygen atoms in total. The van der Waals surface area contributed by atoms with Crippen LogP contribution in [0.3, 0.4) is 0 Å². The van der Waals surface area contributed by atoms with Crippen molar-refractivity contribution in [1.29, 1.82) is 0 Å². The number of hydrogen-bond donors (Lipinski definition) is 2. The van der Waals surface area contributed by atoms with Crippen molar-refractivity contribution in [3.05, 3.63) is 80.1 Å². The molecular weight excluding hydrogens is 391 g/mol. The highest BCUT2D eigenvalue weighted by molar-refractivity contribution is 7.07. The van der Waals surface area contributed by atoms with Crippen LogP contribution in [-0.4, -0.2) is 10.1 Å². The quantitative estimate of drug-likeness (QED) is 0.479. The summed E-state index contributed by atoms with van der Waals surface area (Å²) >= 11 is 7.44. The van der Waals surface area contributed by atoms with E-state index in [1.165, 1.54) is 35.6 Å². The molecule has 0 saturated carbocycles. The van der Waals surface area contributed by atoms with E-state index in [1.807, 2.05) is 0 Å². The van der Waals surface area contributed by atoms with Crippen LogP contribution < -0.4 is 10.7 Å². The van der Waals surface area contributed by atoms with Gasteiger partial charge in [-0.1, -0.05) is 23.7 Å². The molecule has 0 saturated heterocycles. The molecule has 0 aliphatic rings. The van der Waals surface area contributed by atoms with Gasteiger partial charge in [-0.05, 0) is 24.3 Å². The molecule has 0 aliphatic heterocycles. The second-order valence-electron chi connectivity index (χ2n) is 5.71. The highest BCUT2D eigenvalue weighted by Crippen LogP contribution is 2.33. The summed E-state index contributed by atoms with van der Waals surface area (Å²) in [6, 6.07) is 10.3. The minimum absolute atomic E-state index is 0.00741. The summed E-state index contributed by atoms with van der Waals surface area (Å²) in [5.74, 6) is -0.592. The van der Waals surface area contributed by atoms with Crippen molar-refractivity contribution in [2.75, 3.05) is 5.32 Å². The van der Waals surface area contributed by atoms with Crippen LogP contribution in [0.25, 0.3) is 22.3 Å².